The van der Waals surface area contributed by atoms with Crippen LogP contribution in [0.15, 0.2) is 4.99 Å². The van der Waals surface area contributed by atoms with Crippen LogP contribution in [0, 0.1) is 5.41 Å². The minimum absolute atomic E-state index is 0.650. The molecular weight excluding hydrogens is 144 g/mol. The van der Waals surface area contributed by atoms with Crippen LogP contribution in [0.25, 0.3) is 0 Å². The van der Waals surface area contributed by atoms with Crippen molar-refractivity contribution in [3.05, 3.63) is 0 Å². The van der Waals surface area contributed by atoms with Crippen molar-refractivity contribution in [2.45, 2.75) is 26.2 Å². The van der Waals surface area contributed by atoms with Crippen molar-refractivity contribution in [3.63, 3.8) is 0 Å². The van der Waals surface area contributed by atoms with Gasteiger partial charge in [0.05, 0.1) is 6.54 Å². The number of isocyanates is 2. The summed E-state index contributed by atoms with van der Waals surface area (Å²) in [5, 5.41) is 5.40. The number of hydrogen-bond donors (Lipinski definition) is 1. The first-order chi connectivity index (χ1) is 5.33. The van der Waals surface area contributed by atoms with Gasteiger partial charge < -0.3 is 0 Å². The van der Waals surface area contributed by atoms with Crippen LogP contribution in [0.4, 0.5) is 0 Å². The van der Waals surface area contributed by atoms with E-state index in [1.54, 1.807) is 0 Å². The summed E-state index contributed by atoms with van der Waals surface area (Å²) in [6, 6.07) is 0. The third-order valence-corrected chi connectivity index (χ3v) is 0.938. The summed E-state index contributed by atoms with van der Waals surface area (Å²) in [4.78, 5) is 21.2. The average molecular weight is 156 g/mol. The lowest BCUT2D eigenvalue weighted by molar-refractivity contribution is 0.561. The Balaban J connectivity index is 0. The molecule has 0 spiro atoms. The van der Waals surface area contributed by atoms with Gasteiger partial charge in [0.15, 0.2) is 0 Å². The molecule has 4 nitrogen and oxygen atoms in total. The molecule has 0 aliphatic rings. The fourth-order valence-corrected chi connectivity index (χ4v) is 0.487. The molecule has 0 aliphatic carbocycles. The highest BCUT2D eigenvalue weighted by molar-refractivity contribution is 5.32. The molecule has 4 heteroatoms. The summed E-state index contributed by atoms with van der Waals surface area (Å²) in [6.07, 6.45) is 5.60. The Labute approximate surface area is 65.8 Å². The van der Waals surface area contributed by atoms with Crippen LogP contribution in [-0.4, -0.2) is 18.7 Å². The Morgan fingerprint density at radius 1 is 1.36 bits per heavy atom. The van der Waals surface area contributed by atoms with Gasteiger partial charge in [-0.1, -0.05) is 19.8 Å². The minimum Gasteiger partial charge on any atom is -0.222 e. The molecule has 0 aromatic rings. The number of nitrogens with zero attached hydrogens (tertiary/aromatic N) is 1. The van der Waals surface area contributed by atoms with Gasteiger partial charge in [0.25, 0.3) is 0 Å². The van der Waals surface area contributed by atoms with E-state index >= 15 is 0 Å². The lowest BCUT2D eigenvalue weighted by Gasteiger charge is -1.86. The standard InChI is InChI=1S/C6H11NO.CHNO/c1-2-3-4-5-7-6-8;2-1-3/h2-5H2,1H3;2H. The highest BCUT2D eigenvalue weighted by atomic mass is 16.1. The molecular formula is C7H12N2O2. The van der Waals surface area contributed by atoms with Crippen LogP contribution in [0.5, 0.6) is 0 Å². The van der Waals surface area contributed by atoms with Crippen molar-refractivity contribution in [3.8, 4) is 0 Å². The summed E-state index contributed by atoms with van der Waals surface area (Å²) in [5.41, 5.74) is 0. The van der Waals surface area contributed by atoms with Gasteiger partial charge >= 0.3 is 0 Å². The van der Waals surface area contributed by atoms with Gasteiger partial charge in [-0.25, -0.2) is 20.0 Å². The van der Waals surface area contributed by atoms with Crippen molar-refractivity contribution in [1.29, 1.82) is 5.41 Å². The fourth-order valence-electron chi connectivity index (χ4n) is 0.487. The third-order valence-electron chi connectivity index (χ3n) is 0.938. The predicted octanol–water partition coefficient (Wildman–Crippen LogP) is 1.41. The molecule has 0 rings (SSSR count). The zero-order valence-corrected chi connectivity index (χ0v) is 6.59. The SMILES string of the molecule is CCCCCN=C=O.N=C=O. The summed E-state index contributed by atoms with van der Waals surface area (Å²) in [7, 11) is 0. The van der Waals surface area contributed by atoms with E-state index in [9.17, 15) is 4.79 Å². The summed E-state index contributed by atoms with van der Waals surface area (Å²) >= 11 is 0. The Bertz CT molecular complexity index is 145. The van der Waals surface area contributed by atoms with Crippen LogP contribution < -0.4 is 0 Å². The van der Waals surface area contributed by atoms with Gasteiger partial charge in [0.1, 0.15) is 0 Å². The number of carbonyl (C=O) groups excluding carboxylic acids is 2. The molecule has 0 amide bonds. The van der Waals surface area contributed by atoms with Crippen LogP contribution in [0.1, 0.15) is 26.2 Å². The quantitative estimate of drug-likeness (QED) is 0.380. The van der Waals surface area contributed by atoms with Crippen molar-refractivity contribution in [1.82, 2.24) is 0 Å². The summed E-state index contributed by atoms with van der Waals surface area (Å²) in [6.45, 7) is 2.77. The van der Waals surface area contributed by atoms with E-state index in [-0.39, 0.29) is 0 Å². The second kappa shape index (κ2) is 15.9. The maximum Gasteiger partial charge on any atom is 0.234 e. The predicted molar refractivity (Wildman–Crippen MR) is 40.9 cm³/mol. The van der Waals surface area contributed by atoms with E-state index in [1.807, 2.05) is 0 Å². The molecule has 0 fully saturated rings. The Morgan fingerprint density at radius 3 is 2.27 bits per heavy atom. The van der Waals surface area contributed by atoms with Crippen molar-refractivity contribution >= 4 is 12.2 Å². The molecule has 0 aliphatic heterocycles. The van der Waals surface area contributed by atoms with Gasteiger partial charge in [-0.3, -0.25) is 0 Å². The van der Waals surface area contributed by atoms with Gasteiger partial charge in [-0.15, -0.1) is 0 Å². The van der Waals surface area contributed by atoms with E-state index < -0.39 is 0 Å². The first kappa shape index (κ1) is 12.4. The van der Waals surface area contributed by atoms with Crippen LogP contribution in [-0.2, 0) is 9.59 Å². The van der Waals surface area contributed by atoms with Gasteiger partial charge in [0.2, 0.25) is 12.2 Å². The highest BCUT2D eigenvalue weighted by Gasteiger charge is 1.79. The maximum absolute atomic E-state index is 9.48. The monoisotopic (exact) mass is 156 g/mol. The molecule has 0 atom stereocenters. The topological polar surface area (TPSA) is 70.3 Å². The van der Waals surface area contributed by atoms with Gasteiger partial charge in [-0.2, -0.15) is 0 Å². The third kappa shape index (κ3) is 28.3. The number of aliphatic imine (C=N–C) groups is 1. The average Bonchev–Trinajstić information content (AvgIpc) is 2.00. The van der Waals surface area contributed by atoms with Gasteiger partial charge in [-0.05, 0) is 6.42 Å². The Hall–Kier alpha value is -1.24. The van der Waals surface area contributed by atoms with Crippen LogP contribution >= 0.6 is 0 Å². The molecule has 0 unspecified atom stereocenters. The second-order valence-electron chi connectivity index (χ2n) is 1.78. The molecule has 0 heterocycles. The zero-order valence-electron chi connectivity index (χ0n) is 6.59. The zero-order chi connectivity index (χ0) is 8.95. The molecule has 0 saturated heterocycles. The van der Waals surface area contributed by atoms with E-state index in [1.165, 1.54) is 12.5 Å². The van der Waals surface area contributed by atoms with E-state index in [0.29, 0.717) is 6.54 Å². The van der Waals surface area contributed by atoms with E-state index in [2.05, 4.69) is 11.9 Å². The minimum atomic E-state index is 0.650. The number of rotatable bonds is 4. The Kier molecular flexibility index (Phi) is 18.0. The molecule has 0 saturated carbocycles. The normalized spacial score (nSPS) is 6.64. The number of hydrogen-bond acceptors (Lipinski definition) is 4. The molecule has 0 aromatic carbocycles. The first-order valence-electron chi connectivity index (χ1n) is 3.41. The van der Waals surface area contributed by atoms with Crippen LogP contribution in [0.2, 0.25) is 0 Å². The molecule has 1 N–H and O–H groups in total. The lowest BCUT2D eigenvalue weighted by Crippen LogP contribution is -1.77. The smallest absolute Gasteiger partial charge is 0.222 e. The first-order valence-corrected chi connectivity index (χ1v) is 3.41. The van der Waals surface area contributed by atoms with Crippen LogP contribution in [0.3, 0.4) is 0 Å². The van der Waals surface area contributed by atoms with Crippen molar-refractivity contribution < 1.29 is 9.59 Å². The summed E-state index contributed by atoms with van der Waals surface area (Å²) < 4.78 is 0. The van der Waals surface area contributed by atoms with Crippen molar-refractivity contribution in [2.75, 3.05) is 6.54 Å². The molecule has 0 radical (unpaired) electrons. The fraction of sp³-hybridized carbons (Fsp3) is 0.714. The van der Waals surface area contributed by atoms with E-state index in [4.69, 9.17) is 10.2 Å². The lowest BCUT2D eigenvalue weighted by atomic mass is 10.3. The molecule has 0 aromatic heterocycles. The molecule has 0 bridgehead atoms. The Morgan fingerprint density at radius 2 is 1.91 bits per heavy atom. The molecule has 62 valence electrons. The highest BCUT2D eigenvalue weighted by Crippen LogP contribution is 1.91. The summed E-state index contributed by atoms with van der Waals surface area (Å²) in [5.74, 6) is 0. The second-order valence-corrected chi connectivity index (χ2v) is 1.78. The number of unbranched alkanes of at least 4 members (excludes halogenated alkanes) is 2. The van der Waals surface area contributed by atoms with Gasteiger partial charge in [0, 0.05) is 0 Å². The maximum atomic E-state index is 9.48. The van der Waals surface area contributed by atoms with Crippen molar-refractivity contribution in [2.24, 2.45) is 4.99 Å². The number of nitrogens with one attached hydrogen (secondary N) is 1. The van der Waals surface area contributed by atoms with E-state index in [0.717, 1.165) is 18.9 Å². The molecule has 11 heavy (non-hydrogen) atoms. The largest absolute Gasteiger partial charge is 0.234 e.